The number of fused-ring (bicyclic) bond motifs is 1. The molecule has 2 N–H and O–H groups in total. The van der Waals surface area contributed by atoms with Crippen LogP contribution in [0.15, 0.2) is 24.3 Å². The Morgan fingerprint density at radius 1 is 1.42 bits per heavy atom. The fourth-order valence-corrected chi connectivity index (χ4v) is 3.00. The molecule has 1 aliphatic rings. The molecule has 0 bridgehead atoms. The molecule has 0 aliphatic carbocycles. The lowest BCUT2D eigenvalue weighted by atomic mass is 10.1. The number of hydrogen-bond donors (Lipinski definition) is 1. The molecule has 1 saturated heterocycles. The van der Waals surface area contributed by atoms with Gasteiger partial charge in [0.05, 0.1) is 31.1 Å². The largest absolute Gasteiger partial charge is 0.497 e. The monoisotopic (exact) mass is 276 g/mol. The van der Waals surface area contributed by atoms with Gasteiger partial charge in [0, 0.05) is 22.8 Å². The summed E-state index contributed by atoms with van der Waals surface area (Å²) in [7, 11) is 1.65. The summed E-state index contributed by atoms with van der Waals surface area (Å²) in [5.41, 5.74) is 7.99. The van der Waals surface area contributed by atoms with Gasteiger partial charge < -0.3 is 15.2 Å². The Hall–Kier alpha value is -1.46. The third-order valence-electron chi connectivity index (χ3n) is 3.22. The highest BCUT2D eigenvalue weighted by atomic mass is 32.2. The van der Waals surface area contributed by atoms with Gasteiger partial charge in [0.25, 0.3) is 0 Å². The summed E-state index contributed by atoms with van der Waals surface area (Å²) in [6, 6.07) is 7.98. The number of nitrogens with zero attached hydrogens (tertiary/aromatic N) is 1. The van der Waals surface area contributed by atoms with E-state index in [9.17, 15) is 0 Å². The van der Waals surface area contributed by atoms with Crippen LogP contribution >= 0.6 is 11.8 Å². The Labute approximate surface area is 116 Å². The van der Waals surface area contributed by atoms with Gasteiger partial charge in [0.2, 0.25) is 0 Å². The molecule has 0 amide bonds. The van der Waals surface area contributed by atoms with E-state index in [0.29, 0.717) is 11.1 Å². The molecule has 4 nitrogen and oxygen atoms in total. The number of thioether (sulfide) groups is 1. The molecule has 2 aromatic rings. The van der Waals surface area contributed by atoms with Crippen LogP contribution < -0.4 is 10.5 Å². The number of rotatable bonds is 4. The highest BCUT2D eigenvalue weighted by Crippen LogP contribution is 2.28. The molecule has 19 heavy (non-hydrogen) atoms. The lowest BCUT2D eigenvalue weighted by Gasteiger charge is -2.25. The normalized spacial score (nSPS) is 15.4. The van der Waals surface area contributed by atoms with Crippen LogP contribution in [0.25, 0.3) is 10.9 Å². The van der Waals surface area contributed by atoms with Crippen molar-refractivity contribution in [3.63, 3.8) is 0 Å². The van der Waals surface area contributed by atoms with E-state index in [4.69, 9.17) is 15.2 Å². The third-order valence-corrected chi connectivity index (χ3v) is 4.44. The van der Waals surface area contributed by atoms with Crippen molar-refractivity contribution in [2.24, 2.45) is 0 Å². The molecule has 1 aromatic carbocycles. The fourth-order valence-electron chi connectivity index (χ4n) is 1.97. The molecule has 0 radical (unpaired) electrons. The van der Waals surface area contributed by atoms with Crippen molar-refractivity contribution in [3.8, 4) is 5.75 Å². The smallest absolute Gasteiger partial charge is 0.128 e. The van der Waals surface area contributed by atoms with Crippen molar-refractivity contribution in [1.29, 1.82) is 0 Å². The zero-order chi connectivity index (χ0) is 13.2. The van der Waals surface area contributed by atoms with Gasteiger partial charge in [-0.25, -0.2) is 4.98 Å². The predicted octanol–water partition coefficient (Wildman–Crippen LogP) is 2.46. The summed E-state index contributed by atoms with van der Waals surface area (Å²) in [4.78, 5) is 4.46. The molecule has 0 atom stereocenters. The average molecular weight is 276 g/mol. The van der Waals surface area contributed by atoms with Crippen molar-refractivity contribution in [1.82, 2.24) is 4.98 Å². The summed E-state index contributed by atoms with van der Waals surface area (Å²) >= 11 is 1.88. The highest BCUT2D eigenvalue weighted by molar-refractivity contribution is 7.99. The van der Waals surface area contributed by atoms with Gasteiger partial charge in [-0.15, -0.1) is 11.8 Å². The number of benzene rings is 1. The molecular weight excluding hydrogens is 260 g/mol. The van der Waals surface area contributed by atoms with E-state index in [-0.39, 0.29) is 0 Å². The first-order valence-corrected chi connectivity index (χ1v) is 7.23. The Kier molecular flexibility index (Phi) is 3.48. The van der Waals surface area contributed by atoms with Crippen molar-refractivity contribution < 1.29 is 9.47 Å². The number of nitrogen functional groups attached to an aromatic ring is 1. The Bertz CT molecular complexity index is 599. The number of pyridine rings is 1. The summed E-state index contributed by atoms with van der Waals surface area (Å²) < 4.78 is 10.4. The highest BCUT2D eigenvalue weighted by Gasteiger charge is 2.19. The molecule has 0 saturated carbocycles. The quantitative estimate of drug-likeness (QED) is 0.929. The van der Waals surface area contributed by atoms with Crippen molar-refractivity contribution in [3.05, 3.63) is 29.8 Å². The number of methoxy groups -OCH3 is 1. The topological polar surface area (TPSA) is 57.4 Å². The van der Waals surface area contributed by atoms with E-state index < -0.39 is 0 Å². The van der Waals surface area contributed by atoms with E-state index >= 15 is 0 Å². The van der Waals surface area contributed by atoms with Gasteiger partial charge in [0.15, 0.2) is 0 Å². The third kappa shape index (κ3) is 2.62. The fraction of sp³-hybridized carbons (Fsp3) is 0.357. The number of nitrogens with two attached hydrogens (primary N) is 1. The Morgan fingerprint density at radius 3 is 2.95 bits per heavy atom. The van der Waals surface area contributed by atoms with Crippen molar-refractivity contribution in [2.75, 3.05) is 26.1 Å². The summed E-state index contributed by atoms with van der Waals surface area (Å²) in [6.45, 7) is 1.70. The van der Waals surface area contributed by atoms with Crippen LogP contribution in [0, 0.1) is 0 Å². The van der Waals surface area contributed by atoms with Gasteiger partial charge in [-0.3, -0.25) is 0 Å². The van der Waals surface area contributed by atoms with Crippen LogP contribution in [0.5, 0.6) is 5.75 Å². The first-order valence-electron chi connectivity index (χ1n) is 6.19. The molecule has 0 spiro atoms. The standard InChI is InChI=1S/C14H16N2O2S/c1-17-11-3-2-9-4-10(8-19-12-6-18-7-12)14(15)16-13(9)5-11/h2-5,12H,6-8H2,1H3,(H2,15,16). The van der Waals surface area contributed by atoms with E-state index in [1.807, 2.05) is 30.0 Å². The summed E-state index contributed by atoms with van der Waals surface area (Å²) in [6.07, 6.45) is 0. The van der Waals surface area contributed by atoms with Crippen LogP contribution in [0.4, 0.5) is 5.82 Å². The molecular formula is C14H16N2O2S. The summed E-state index contributed by atoms with van der Waals surface area (Å²) in [5.74, 6) is 2.29. The van der Waals surface area contributed by atoms with Crippen LogP contribution in [0.2, 0.25) is 0 Å². The second-order valence-corrected chi connectivity index (χ2v) is 5.85. The Morgan fingerprint density at radius 2 is 2.26 bits per heavy atom. The maximum absolute atomic E-state index is 6.03. The first-order chi connectivity index (χ1) is 9.26. The lowest BCUT2D eigenvalue weighted by molar-refractivity contribution is 0.0455. The minimum atomic E-state index is 0.603. The van der Waals surface area contributed by atoms with Gasteiger partial charge in [-0.1, -0.05) is 0 Å². The molecule has 1 aliphatic heterocycles. The van der Waals surface area contributed by atoms with Crippen LogP contribution in [-0.4, -0.2) is 30.6 Å². The van der Waals surface area contributed by atoms with Gasteiger partial charge in [0.1, 0.15) is 11.6 Å². The number of ether oxygens (including phenoxy) is 2. The van der Waals surface area contributed by atoms with Crippen LogP contribution in [0.3, 0.4) is 0 Å². The Balaban J connectivity index is 1.85. The van der Waals surface area contributed by atoms with E-state index in [1.54, 1.807) is 7.11 Å². The van der Waals surface area contributed by atoms with E-state index in [0.717, 1.165) is 41.2 Å². The van der Waals surface area contributed by atoms with Crippen molar-refractivity contribution >= 4 is 28.5 Å². The number of aromatic nitrogens is 1. The van der Waals surface area contributed by atoms with Crippen LogP contribution in [-0.2, 0) is 10.5 Å². The molecule has 2 heterocycles. The zero-order valence-corrected chi connectivity index (χ0v) is 11.6. The zero-order valence-electron chi connectivity index (χ0n) is 10.8. The number of hydrogen-bond acceptors (Lipinski definition) is 5. The van der Waals surface area contributed by atoms with Gasteiger partial charge in [-0.2, -0.15) is 0 Å². The molecule has 1 fully saturated rings. The second-order valence-electron chi connectivity index (χ2n) is 4.56. The lowest BCUT2D eigenvalue weighted by Crippen LogP contribution is -2.30. The molecule has 1 aromatic heterocycles. The van der Waals surface area contributed by atoms with E-state index in [2.05, 4.69) is 11.1 Å². The number of anilines is 1. The SMILES string of the molecule is COc1ccc2cc(CSC3COC3)c(N)nc2c1. The maximum Gasteiger partial charge on any atom is 0.128 e. The molecule has 0 unspecified atom stereocenters. The molecule has 5 heteroatoms. The molecule has 100 valence electrons. The maximum atomic E-state index is 6.03. The molecule has 3 rings (SSSR count). The minimum absolute atomic E-state index is 0.603. The average Bonchev–Trinajstić information content (AvgIpc) is 2.37. The summed E-state index contributed by atoms with van der Waals surface area (Å²) in [5, 5.41) is 1.70. The van der Waals surface area contributed by atoms with Gasteiger partial charge in [-0.05, 0) is 18.2 Å². The van der Waals surface area contributed by atoms with Crippen molar-refractivity contribution in [2.45, 2.75) is 11.0 Å². The van der Waals surface area contributed by atoms with Crippen LogP contribution in [0.1, 0.15) is 5.56 Å². The first kappa shape index (κ1) is 12.6. The van der Waals surface area contributed by atoms with E-state index in [1.165, 1.54) is 0 Å². The second kappa shape index (κ2) is 5.27. The minimum Gasteiger partial charge on any atom is -0.497 e. The van der Waals surface area contributed by atoms with Gasteiger partial charge >= 0.3 is 0 Å². The predicted molar refractivity (Wildman–Crippen MR) is 78.6 cm³/mol.